The zero-order valence-corrected chi connectivity index (χ0v) is 11.0. The maximum absolute atomic E-state index is 9.46. The Morgan fingerprint density at radius 2 is 2.21 bits per heavy atom. The van der Waals surface area contributed by atoms with Gasteiger partial charge in [0.15, 0.2) is 0 Å². The Hall–Kier alpha value is -1.66. The van der Waals surface area contributed by atoms with Gasteiger partial charge in [0, 0.05) is 26.4 Å². The normalized spacial score (nSPS) is 18.9. The molecule has 2 aromatic heterocycles. The van der Waals surface area contributed by atoms with Crippen molar-refractivity contribution < 1.29 is 9.84 Å². The van der Waals surface area contributed by atoms with Gasteiger partial charge in [0.05, 0.1) is 17.6 Å². The molecular formula is C13H18N4O2. The monoisotopic (exact) mass is 262 g/mol. The van der Waals surface area contributed by atoms with Crippen LogP contribution in [0.25, 0.3) is 11.0 Å². The van der Waals surface area contributed by atoms with E-state index in [2.05, 4.69) is 19.9 Å². The first-order chi connectivity index (χ1) is 9.28. The number of hydrogen-bond donors (Lipinski definition) is 2. The van der Waals surface area contributed by atoms with E-state index in [1.165, 1.54) is 0 Å². The summed E-state index contributed by atoms with van der Waals surface area (Å²) in [6.45, 7) is 1.72. The van der Waals surface area contributed by atoms with E-state index in [9.17, 15) is 5.11 Å². The van der Waals surface area contributed by atoms with E-state index in [0.717, 1.165) is 42.8 Å². The molecule has 19 heavy (non-hydrogen) atoms. The Morgan fingerprint density at radius 1 is 1.42 bits per heavy atom. The van der Waals surface area contributed by atoms with Crippen molar-refractivity contribution in [3.63, 3.8) is 0 Å². The van der Waals surface area contributed by atoms with Crippen LogP contribution < -0.4 is 4.90 Å². The summed E-state index contributed by atoms with van der Waals surface area (Å²) < 4.78 is 5.47. The van der Waals surface area contributed by atoms with Crippen molar-refractivity contribution >= 4 is 16.9 Å². The van der Waals surface area contributed by atoms with Gasteiger partial charge in [-0.05, 0) is 18.9 Å². The molecule has 1 saturated heterocycles. The molecule has 0 aromatic carbocycles. The number of aromatic amines is 1. The SMILES string of the molecule is COC1(CO)CCN(c2ncnc3[nH]ccc23)CC1. The van der Waals surface area contributed by atoms with Crippen LogP contribution in [0.5, 0.6) is 0 Å². The Balaban J connectivity index is 1.84. The molecule has 1 aliphatic heterocycles. The molecular weight excluding hydrogens is 244 g/mol. The number of methoxy groups -OCH3 is 1. The molecule has 3 heterocycles. The van der Waals surface area contributed by atoms with Gasteiger partial charge in [-0.3, -0.25) is 0 Å². The molecule has 0 bridgehead atoms. The number of aromatic nitrogens is 3. The molecule has 2 N–H and O–H groups in total. The molecule has 1 aliphatic rings. The number of ether oxygens (including phenoxy) is 1. The summed E-state index contributed by atoms with van der Waals surface area (Å²) in [5.74, 6) is 0.953. The molecule has 102 valence electrons. The molecule has 0 saturated carbocycles. The van der Waals surface area contributed by atoms with E-state index in [4.69, 9.17) is 4.74 Å². The quantitative estimate of drug-likeness (QED) is 0.861. The lowest BCUT2D eigenvalue weighted by Gasteiger charge is -2.40. The van der Waals surface area contributed by atoms with Crippen molar-refractivity contribution in [2.45, 2.75) is 18.4 Å². The van der Waals surface area contributed by atoms with Gasteiger partial charge in [0.1, 0.15) is 17.8 Å². The molecule has 0 unspecified atom stereocenters. The van der Waals surface area contributed by atoms with Gasteiger partial charge in [-0.2, -0.15) is 0 Å². The van der Waals surface area contributed by atoms with Crippen LogP contribution in [-0.4, -0.2) is 52.5 Å². The molecule has 0 atom stereocenters. The van der Waals surface area contributed by atoms with Gasteiger partial charge in [-0.1, -0.05) is 0 Å². The average Bonchev–Trinajstić information content (AvgIpc) is 2.96. The van der Waals surface area contributed by atoms with Crippen molar-refractivity contribution in [1.82, 2.24) is 15.0 Å². The van der Waals surface area contributed by atoms with Crippen LogP contribution in [0.15, 0.2) is 18.6 Å². The van der Waals surface area contributed by atoms with Crippen LogP contribution >= 0.6 is 0 Å². The zero-order chi connectivity index (χ0) is 13.3. The van der Waals surface area contributed by atoms with Crippen molar-refractivity contribution in [3.05, 3.63) is 18.6 Å². The Morgan fingerprint density at radius 3 is 2.89 bits per heavy atom. The number of H-pyrrole nitrogens is 1. The van der Waals surface area contributed by atoms with Crippen molar-refractivity contribution in [3.8, 4) is 0 Å². The smallest absolute Gasteiger partial charge is 0.142 e. The summed E-state index contributed by atoms with van der Waals surface area (Å²) in [6, 6.07) is 1.99. The fourth-order valence-corrected chi connectivity index (χ4v) is 2.66. The van der Waals surface area contributed by atoms with E-state index in [1.54, 1.807) is 13.4 Å². The molecule has 1 fully saturated rings. The lowest BCUT2D eigenvalue weighted by atomic mass is 9.92. The number of aliphatic hydroxyl groups is 1. The fraction of sp³-hybridized carbons (Fsp3) is 0.538. The average molecular weight is 262 g/mol. The number of fused-ring (bicyclic) bond motifs is 1. The highest BCUT2D eigenvalue weighted by molar-refractivity contribution is 5.87. The summed E-state index contributed by atoms with van der Waals surface area (Å²) >= 11 is 0. The first-order valence-corrected chi connectivity index (χ1v) is 6.47. The molecule has 0 amide bonds. The number of piperidine rings is 1. The van der Waals surface area contributed by atoms with E-state index in [-0.39, 0.29) is 12.2 Å². The molecule has 2 aromatic rings. The third-order valence-electron chi connectivity index (χ3n) is 4.03. The molecule has 0 radical (unpaired) electrons. The number of rotatable bonds is 3. The van der Waals surface area contributed by atoms with Gasteiger partial charge in [0.25, 0.3) is 0 Å². The predicted molar refractivity (Wildman–Crippen MR) is 72.2 cm³/mol. The second-order valence-corrected chi connectivity index (χ2v) is 4.97. The lowest BCUT2D eigenvalue weighted by Crippen LogP contribution is -2.48. The Kier molecular flexibility index (Phi) is 3.12. The summed E-state index contributed by atoms with van der Waals surface area (Å²) in [7, 11) is 1.67. The highest BCUT2D eigenvalue weighted by Gasteiger charge is 2.34. The molecule has 0 spiro atoms. The maximum atomic E-state index is 9.46. The van der Waals surface area contributed by atoms with Crippen LogP contribution in [0.3, 0.4) is 0 Å². The molecule has 6 nitrogen and oxygen atoms in total. The van der Waals surface area contributed by atoms with Crippen molar-refractivity contribution in [2.75, 3.05) is 31.7 Å². The van der Waals surface area contributed by atoms with Crippen LogP contribution in [-0.2, 0) is 4.74 Å². The van der Waals surface area contributed by atoms with Crippen LogP contribution in [0, 0.1) is 0 Å². The number of hydrogen-bond acceptors (Lipinski definition) is 5. The van der Waals surface area contributed by atoms with Crippen LogP contribution in [0.2, 0.25) is 0 Å². The highest BCUT2D eigenvalue weighted by atomic mass is 16.5. The van der Waals surface area contributed by atoms with Gasteiger partial charge in [0.2, 0.25) is 0 Å². The number of anilines is 1. The first kappa shape index (κ1) is 12.4. The minimum absolute atomic E-state index is 0.0701. The Bertz CT molecular complexity index is 555. The molecule has 3 rings (SSSR count). The molecule has 0 aliphatic carbocycles. The first-order valence-electron chi connectivity index (χ1n) is 6.47. The van der Waals surface area contributed by atoms with Gasteiger partial charge < -0.3 is 19.7 Å². The van der Waals surface area contributed by atoms with E-state index >= 15 is 0 Å². The summed E-state index contributed by atoms with van der Waals surface area (Å²) in [4.78, 5) is 13.9. The minimum Gasteiger partial charge on any atom is -0.393 e. The number of nitrogens with one attached hydrogen (secondary N) is 1. The topological polar surface area (TPSA) is 74.3 Å². The van der Waals surface area contributed by atoms with Crippen LogP contribution in [0.4, 0.5) is 5.82 Å². The van der Waals surface area contributed by atoms with Crippen molar-refractivity contribution in [1.29, 1.82) is 0 Å². The summed E-state index contributed by atoms with van der Waals surface area (Å²) in [6.07, 6.45) is 5.06. The lowest BCUT2D eigenvalue weighted by molar-refractivity contribution is -0.0673. The maximum Gasteiger partial charge on any atom is 0.142 e. The second-order valence-electron chi connectivity index (χ2n) is 4.97. The third-order valence-corrected chi connectivity index (χ3v) is 4.03. The number of aliphatic hydroxyl groups excluding tert-OH is 1. The van der Waals surface area contributed by atoms with Gasteiger partial charge >= 0.3 is 0 Å². The highest BCUT2D eigenvalue weighted by Crippen LogP contribution is 2.30. The van der Waals surface area contributed by atoms with Gasteiger partial charge in [-0.15, -0.1) is 0 Å². The fourth-order valence-electron chi connectivity index (χ4n) is 2.66. The summed E-state index contributed by atoms with van der Waals surface area (Å²) in [5.41, 5.74) is 0.469. The standard InChI is InChI=1S/C13H18N4O2/c1-19-13(8-18)3-6-17(7-4-13)12-10-2-5-14-11(10)15-9-16-12/h2,5,9,18H,3-4,6-8H2,1H3,(H,14,15,16). The van der Waals surface area contributed by atoms with E-state index in [0.29, 0.717) is 0 Å². The second kappa shape index (κ2) is 4.79. The minimum atomic E-state index is -0.388. The molecule has 6 heteroatoms. The van der Waals surface area contributed by atoms with Crippen LogP contribution in [0.1, 0.15) is 12.8 Å². The predicted octanol–water partition coefficient (Wildman–Crippen LogP) is 0.936. The van der Waals surface area contributed by atoms with E-state index < -0.39 is 0 Å². The Labute approximate surface area is 111 Å². The summed E-state index contributed by atoms with van der Waals surface area (Å²) in [5, 5.41) is 10.5. The largest absolute Gasteiger partial charge is 0.393 e. The van der Waals surface area contributed by atoms with Crippen molar-refractivity contribution in [2.24, 2.45) is 0 Å². The van der Waals surface area contributed by atoms with Gasteiger partial charge in [-0.25, -0.2) is 9.97 Å². The van der Waals surface area contributed by atoms with E-state index in [1.807, 2.05) is 12.3 Å². The third kappa shape index (κ3) is 2.06. The number of nitrogens with zero attached hydrogens (tertiary/aromatic N) is 3. The zero-order valence-electron chi connectivity index (χ0n) is 11.0.